The molecule has 1 unspecified atom stereocenters. The number of rotatable bonds is 3. The topological polar surface area (TPSA) is 40.5 Å². The van der Waals surface area contributed by atoms with Gasteiger partial charge in [0.2, 0.25) is 0 Å². The molecule has 20 heavy (non-hydrogen) atoms. The zero-order valence-electron chi connectivity index (χ0n) is 12.6. The molecule has 2 heteroatoms. The van der Waals surface area contributed by atoms with Gasteiger partial charge in [0, 0.05) is 6.42 Å². The summed E-state index contributed by atoms with van der Waals surface area (Å²) < 4.78 is 0. The predicted octanol–water partition coefficient (Wildman–Crippen LogP) is 3.77. The van der Waals surface area contributed by atoms with Crippen molar-refractivity contribution < 1.29 is 10.2 Å². The minimum atomic E-state index is -0.946. The molecular formula is C18H22O2. The van der Waals surface area contributed by atoms with E-state index in [9.17, 15) is 10.2 Å². The van der Waals surface area contributed by atoms with Gasteiger partial charge in [-0.1, -0.05) is 29.8 Å². The quantitative estimate of drug-likeness (QED) is 0.891. The van der Waals surface area contributed by atoms with Crippen LogP contribution in [-0.4, -0.2) is 10.2 Å². The third-order valence-corrected chi connectivity index (χ3v) is 3.85. The molecule has 2 aromatic rings. The van der Waals surface area contributed by atoms with Gasteiger partial charge >= 0.3 is 0 Å². The summed E-state index contributed by atoms with van der Waals surface area (Å²) in [6.45, 7) is 8.07. The van der Waals surface area contributed by atoms with Gasteiger partial charge in [-0.15, -0.1) is 0 Å². The predicted molar refractivity (Wildman–Crippen MR) is 82.0 cm³/mol. The molecule has 0 radical (unpaired) electrons. The molecule has 1 atom stereocenters. The normalized spacial score (nSPS) is 14.1. The standard InChI is InChI=1S/C18H22O2/c1-12-9-13(2)17(14(3)10-12)11-18(4,20)15-5-7-16(19)8-6-15/h5-10,19-20H,11H2,1-4H3. The number of aromatic hydroxyl groups is 1. The smallest absolute Gasteiger partial charge is 0.115 e. The van der Waals surface area contributed by atoms with Crippen LogP contribution in [0.1, 0.15) is 34.7 Å². The SMILES string of the molecule is Cc1cc(C)c(CC(C)(O)c2ccc(O)cc2)c(C)c1. The Labute approximate surface area is 120 Å². The lowest BCUT2D eigenvalue weighted by molar-refractivity contribution is 0.0572. The second-order valence-electron chi connectivity index (χ2n) is 5.87. The van der Waals surface area contributed by atoms with Crippen molar-refractivity contribution in [3.63, 3.8) is 0 Å². The number of hydrogen-bond donors (Lipinski definition) is 2. The summed E-state index contributed by atoms with van der Waals surface area (Å²) in [6, 6.07) is 11.1. The molecule has 2 rings (SSSR count). The second kappa shape index (κ2) is 5.29. The van der Waals surface area contributed by atoms with Crippen LogP contribution < -0.4 is 0 Å². The van der Waals surface area contributed by atoms with Crippen molar-refractivity contribution in [3.05, 3.63) is 64.2 Å². The first-order chi connectivity index (χ1) is 9.29. The lowest BCUT2D eigenvalue weighted by Gasteiger charge is -2.26. The Morgan fingerprint density at radius 1 is 0.950 bits per heavy atom. The maximum Gasteiger partial charge on any atom is 0.115 e. The molecular weight excluding hydrogens is 248 g/mol. The maximum atomic E-state index is 10.8. The van der Waals surface area contributed by atoms with Gasteiger partial charge in [-0.2, -0.15) is 0 Å². The lowest BCUT2D eigenvalue weighted by atomic mass is 9.85. The first kappa shape index (κ1) is 14.6. The van der Waals surface area contributed by atoms with Crippen molar-refractivity contribution in [2.24, 2.45) is 0 Å². The van der Waals surface area contributed by atoms with E-state index in [1.165, 1.54) is 22.3 Å². The van der Waals surface area contributed by atoms with Gasteiger partial charge in [-0.25, -0.2) is 0 Å². The van der Waals surface area contributed by atoms with Gasteiger partial charge in [0.25, 0.3) is 0 Å². The minimum Gasteiger partial charge on any atom is -0.508 e. The van der Waals surface area contributed by atoms with Gasteiger partial charge in [0.1, 0.15) is 5.75 Å². The summed E-state index contributed by atoms with van der Waals surface area (Å²) in [4.78, 5) is 0. The van der Waals surface area contributed by atoms with Crippen LogP contribution in [0.25, 0.3) is 0 Å². The summed E-state index contributed by atoms with van der Waals surface area (Å²) >= 11 is 0. The molecule has 0 aliphatic heterocycles. The highest BCUT2D eigenvalue weighted by Crippen LogP contribution is 2.29. The Morgan fingerprint density at radius 2 is 1.45 bits per heavy atom. The number of phenolic OH excluding ortho intramolecular Hbond substituents is 1. The molecule has 0 bridgehead atoms. The molecule has 0 spiro atoms. The summed E-state index contributed by atoms with van der Waals surface area (Å²) in [5.74, 6) is 0.215. The fraction of sp³-hybridized carbons (Fsp3) is 0.333. The number of phenols is 1. The number of aryl methyl sites for hydroxylation is 3. The van der Waals surface area contributed by atoms with E-state index in [1.54, 1.807) is 24.3 Å². The van der Waals surface area contributed by atoms with Crippen molar-refractivity contribution in [1.29, 1.82) is 0 Å². The fourth-order valence-electron chi connectivity index (χ4n) is 2.76. The molecule has 106 valence electrons. The Balaban J connectivity index is 2.35. The van der Waals surface area contributed by atoms with Crippen LogP contribution in [0, 0.1) is 20.8 Å². The van der Waals surface area contributed by atoms with E-state index in [-0.39, 0.29) is 5.75 Å². The molecule has 0 aliphatic carbocycles. The average Bonchev–Trinajstić information content (AvgIpc) is 2.34. The van der Waals surface area contributed by atoms with Gasteiger partial charge in [-0.3, -0.25) is 0 Å². The molecule has 2 aromatic carbocycles. The molecule has 0 fully saturated rings. The zero-order chi connectivity index (χ0) is 14.9. The van der Waals surface area contributed by atoms with Crippen LogP contribution in [0.4, 0.5) is 0 Å². The van der Waals surface area contributed by atoms with Crippen LogP contribution in [0.3, 0.4) is 0 Å². The fourth-order valence-corrected chi connectivity index (χ4v) is 2.76. The van der Waals surface area contributed by atoms with Crippen LogP contribution in [-0.2, 0) is 12.0 Å². The van der Waals surface area contributed by atoms with Gasteiger partial charge < -0.3 is 10.2 Å². The lowest BCUT2D eigenvalue weighted by Crippen LogP contribution is -2.25. The Hall–Kier alpha value is -1.80. The van der Waals surface area contributed by atoms with Crippen molar-refractivity contribution in [2.45, 2.75) is 39.7 Å². The second-order valence-corrected chi connectivity index (χ2v) is 5.87. The molecule has 0 saturated heterocycles. The van der Waals surface area contributed by atoms with Gasteiger partial charge in [0.15, 0.2) is 0 Å². The van der Waals surface area contributed by atoms with Crippen LogP contribution in [0.2, 0.25) is 0 Å². The monoisotopic (exact) mass is 270 g/mol. The Bertz CT molecular complexity index is 587. The largest absolute Gasteiger partial charge is 0.508 e. The first-order valence-electron chi connectivity index (χ1n) is 6.88. The van der Waals surface area contributed by atoms with E-state index >= 15 is 0 Å². The highest BCUT2D eigenvalue weighted by atomic mass is 16.3. The maximum absolute atomic E-state index is 10.8. The summed E-state index contributed by atoms with van der Waals surface area (Å²) in [5.41, 5.74) is 4.72. The zero-order valence-corrected chi connectivity index (χ0v) is 12.6. The van der Waals surface area contributed by atoms with E-state index in [0.717, 1.165) is 5.56 Å². The number of hydrogen-bond acceptors (Lipinski definition) is 2. The summed E-state index contributed by atoms with van der Waals surface area (Å²) in [5, 5.41) is 20.1. The number of benzene rings is 2. The van der Waals surface area contributed by atoms with Gasteiger partial charge in [0.05, 0.1) is 5.60 Å². The van der Waals surface area contributed by atoms with Crippen LogP contribution in [0.15, 0.2) is 36.4 Å². The van der Waals surface area contributed by atoms with E-state index in [2.05, 4.69) is 32.9 Å². The van der Waals surface area contributed by atoms with E-state index in [0.29, 0.717) is 6.42 Å². The van der Waals surface area contributed by atoms with Crippen molar-refractivity contribution in [3.8, 4) is 5.75 Å². The average molecular weight is 270 g/mol. The molecule has 0 aliphatic rings. The van der Waals surface area contributed by atoms with E-state index in [1.807, 2.05) is 6.92 Å². The molecule has 2 N–H and O–H groups in total. The summed E-state index contributed by atoms with van der Waals surface area (Å²) in [6.07, 6.45) is 0.565. The molecule has 2 nitrogen and oxygen atoms in total. The first-order valence-corrected chi connectivity index (χ1v) is 6.88. The van der Waals surface area contributed by atoms with Crippen LogP contribution >= 0.6 is 0 Å². The molecule has 0 heterocycles. The highest BCUT2D eigenvalue weighted by Gasteiger charge is 2.25. The Morgan fingerprint density at radius 3 is 1.95 bits per heavy atom. The minimum absolute atomic E-state index is 0.215. The van der Waals surface area contributed by atoms with E-state index in [4.69, 9.17) is 0 Å². The van der Waals surface area contributed by atoms with E-state index < -0.39 is 5.60 Å². The Kier molecular flexibility index (Phi) is 3.87. The molecule has 0 saturated carbocycles. The van der Waals surface area contributed by atoms with Crippen molar-refractivity contribution >= 4 is 0 Å². The number of aliphatic hydroxyl groups is 1. The third kappa shape index (κ3) is 3.02. The van der Waals surface area contributed by atoms with Gasteiger partial charge in [-0.05, 0) is 62.1 Å². The van der Waals surface area contributed by atoms with Crippen molar-refractivity contribution in [2.75, 3.05) is 0 Å². The molecule has 0 amide bonds. The third-order valence-electron chi connectivity index (χ3n) is 3.85. The summed E-state index contributed by atoms with van der Waals surface area (Å²) in [7, 11) is 0. The molecule has 0 aromatic heterocycles. The highest BCUT2D eigenvalue weighted by molar-refractivity contribution is 5.40. The van der Waals surface area contributed by atoms with Crippen LogP contribution in [0.5, 0.6) is 5.75 Å². The van der Waals surface area contributed by atoms with Crippen molar-refractivity contribution in [1.82, 2.24) is 0 Å².